The number of nitrogens with one attached hydrogen (secondary N) is 1. The molecule has 0 fully saturated rings. The molecule has 0 spiro atoms. The first-order valence-electron chi connectivity index (χ1n) is 6.01. The number of aryl methyl sites for hydroxylation is 1. The summed E-state index contributed by atoms with van der Waals surface area (Å²) in [4.78, 5) is 22.4. The van der Waals surface area contributed by atoms with Gasteiger partial charge >= 0.3 is 5.97 Å². The van der Waals surface area contributed by atoms with E-state index in [1.54, 1.807) is 17.8 Å². The van der Waals surface area contributed by atoms with E-state index in [0.29, 0.717) is 13.2 Å². The first-order chi connectivity index (χ1) is 8.61. The van der Waals surface area contributed by atoms with Crippen molar-refractivity contribution in [3.05, 3.63) is 18.0 Å². The molecule has 1 amide bonds. The smallest absolute Gasteiger partial charge is 0.306 e. The number of hydrogen-bond acceptors (Lipinski definition) is 4. The van der Waals surface area contributed by atoms with Gasteiger partial charge in [-0.25, -0.2) is 0 Å². The Hall–Kier alpha value is -1.85. The average Bonchev–Trinajstić information content (AvgIpc) is 2.73. The minimum absolute atomic E-state index is 0.132. The maximum absolute atomic E-state index is 11.4. The summed E-state index contributed by atoms with van der Waals surface area (Å²) in [7, 11) is 1.85. The molecule has 1 rings (SSSR count). The second-order valence-corrected chi connectivity index (χ2v) is 3.93. The highest BCUT2D eigenvalue weighted by Gasteiger charge is 2.07. The molecule has 0 aliphatic heterocycles. The molecule has 6 heteroatoms. The number of carbonyl (C=O) groups excluding carboxylic acids is 2. The van der Waals surface area contributed by atoms with Gasteiger partial charge in [0.25, 0.3) is 0 Å². The maximum atomic E-state index is 11.4. The van der Waals surface area contributed by atoms with E-state index in [-0.39, 0.29) is 24.7 Å². The van der Waals surface area contributed by atoms with E-state index in [9.17, 15) is 9.59 Å². The summed E-state index contributed by atoms with van der Waals surface area (Å²) in [6, 6.07) is 0. The van der Waals surface area contributed by atoms with Crippen molar-refractivity contribution in [3.8, 4) is 0 Å². The van der Waals surface area contributed by atoms with Crippen LogP contribution in [-0.4, -0.2) is 34.8 Å². The van der Waals surface area contributed by atoms with Gasteiger partial charge < -0.3 is 10.1 Å². The summed E-state index contributed by atoms with van der Waals surface area (Å²) in [5, 5.41) is 6.79. The number of amides is 1. The Balaban J connectivity index is 2.12. The summed E-state index contributed by atoms with van der Waals surface area (Å²) < 4.78 is 6.46. The lowest BCUT2D eigenvalue weighted by molar-refractivity contribution is -0.144. The third-order valence-electron chi connectivity index (χ3n) is 2.36. The van der Waals surface area contributed by atoms with Crippen LogP contribution >= 0.6 is 0 Å². The van der Waals surface area contributed by atoms with E-state index >= 15 is 0 Å². The Labute approximate surface area is 106 Å². The normalized spacial score (nSPS) is 10.1. The van der Waals surface area contributed by atoms with Gasteiger partial charge in [0.05, 0.1) is 19.2 Å². The van der Waals surface area contributed by atoms with Crippen molar-refractivity contribution in [3.63, 3.8) is 0 Å². The van der Waals surface area contributed by atoms with Gasteiger partial charge in [0, 0.05) is 26.2 Å². The molecule has 1 aromatic heterocycles. The van der Waals surface area contributed by atoms with E-state index in [2.05, 4.69) is 10.4 Å². The van der Waals surface area contributed by atoms with Crippen LogP contribution in [0.1, 0.15) is 25.3 Å². The highest BCUT2D eigenvalue weighted by Crippen LogP contribution is 1.97. The van der Waals surface area contributed by atoms with E-state index in [1.807, 2.05) is 13.2 Å². The second-order valence-electron chi connectivity index (χ2n) is 3.93. The molecule has 1 N–H and O–H groups in total. The third-order valence-corrected chi connectivity index (χ3v) is 2.36. The fourth-order valence-electron chi connectivity index (χ4n) is 1.48. The first kappa shape index (κ1) is 14.2. The van der Waals surface area contributed by atoms with Gasteiger partial charge in [0.15, 0.2) is 0 Å². The van der Waals surface area contributed by atoms with Crippen LogP contribution in [0.25, 0.3) is 0 Å². The maximum Gasteiger partial charge on any atom is 0.306 e. The predicted molar refractivity (Wildman–Crippen MR) is 65.8 cm³/mol. The number of esters is 1. The van der Waals surface area contributed by atoms with Crippen molar-refractivity contribution in [2.24, 2.45) is 7.05 Å². The standard InChI is InChI=1S/C12H19N3O3/c1-3-18-12(17)5-4-11(16)13-7-6-10-8-14-15(2)9-10/h8-9H,3-7H2,1-2H3,(H,13,16). The van der Waals surface area contributed by atoms with Crippen LogP contribution in [0.2, 0.25) is 0 Å². The van der Waals surface area contributed by atoms with Gasteiger partial charge in [0.2, 0.25) is 5.91 Å². The van der Waals surface area contributed by atoms with Crippen LogP contribution in [0, 0.1) is 0 Å². The Bertz CT molecular complexity index is 401. The van der Waals surface area contributed by atoms with E-state index < -0.39 is 0 Å². The molecule has 0 bridgehead atoms. The molecule has 1 aromatic rings. The monoisotopic (exact) mass is 253 g/mol. The van der Waals surface area contributed by atoms with Crippen LogP contribution in [-0.2, 0) is 27.8 Å². The van der Waals surface area contributed by atoms with E-state index in [0.717, 1.165) is 12.0 Å². The zero-order valence-electron chi connectivity index (χ0n) is 10.8. The summed E-state index contributed by atoms with van der Waals surface area (Å²) in [5.41, 5.74) is 1.07. The highest BCUT2D eigenvalue weighted by molar-refractivity contribution is 5.81. The molecule has 18 heavy (non-hydrogen) atoms. The zero-order valence-corrected chi connectivity index (χ0v) is 10.8. The minimum atomic E-state index is -0.333. The Kier molecular flexibility index (Phi) is 5.90. The predicted octanol–water partition coefficient (Wildman–Crippen LogP) is 0.422. The molecule has 6 nitrogen and oxygen atoms in total. The van der Waals surface area contributed by atoms with Gasteiger partial charge in [-0.05, 0) is 18.9 Å². The van der Waals surface area contributed by atoms with Crippen LogP contribution in [0.4, 0.5) is 0 Å². The summed E-state index contributed by atoms with van der Waals surface area (Å²) in [6.45, 7) is 2.64. The number of rotatable bonds is 7. The Morgan fingerprint density at radius 2 is 2.22 bits per heavy atom. The molecule has 100 valence electrons. The van der Waals surface area contributed by atoms with Gasteiger partial charge in [-0.3, -0.25) is 14.3 Å². The van der Waals surface area contributed by atoms with E-state index in [4.69, 9.17) is 4.74 Å². The number of ether oxygens (including phenoxy) is 1. The van der Waals surface area contributed by atoms with Crippen molar-refractivity contribution < 1.29 is 14.3 Å². The molecule has 1 heterocycles. The van der Waals surface area contributed by atoms with E-state index in [1.165, 1.54) is 0 Å². The molecular formula is C12H19N3O3. The van der Waals surface area contributed by atoms with Crippen LogP contribution in [0.3, 0.4) is 0 Å². The van der Waals surface area contributed by atoms with Crippen molar-refractivity contribution in [1.82, 2.24) is 15.1 Å². The number of aromatic nitrogens is 2. The number of hydrogen-bond donors (Lipinski definition) is 1. The molecule has 0 atom stereocenters. The summed E-state index contributed by atoms with van der Waals surface area (Å²) in [6.07, 6.45) is 4.72. The first-order valence-corrected chi connectivity index (χ1v) is 6.01. The fourth-order valence-corrected chi connectivity index (χ4v) is 1.48. The van der Waals surface area contributed by atoms with Gasteiger partial charge in [-0.1, -0.05) is 0 Å². The average molecular weight is 253 g/mol. The van der Waals surface area contributed by atoms with Crippen LogP contribution < -0.4 is 5.32 Å². The number of nitrogens with zero attached hydrogens (tertiary/aromatic N) is 2. The minimum Gasteiger partial charge on any atom is -0.466 e. The topological polar surface area (TPSA) is 73.2 Å². The zero-order chi connectivity index (χ0) is 13.4. The molecule has 0 aromatic carbocycles. The molecule has 0 radical (unpaired) electrons. The lowest BCUT2D eigenvalue weighted by atomic mass is 10.2. The quantitative estimate of drug-likeness (QED) is 0.715. The number of carbonyl (C=O) groups is 2. The van der Waals surface area contributed by atoms with Crippen molar-refractivity contribution >= 4 is 11.9 Å². The third kappa shape index (κ3) is 5.47. The summed E-state index contributed by atoms with van der Waals surface area (Å²) >= 11 is 0. The second kappa shape index (κ2) is 7.47. The molecule has 0 unspecified atom stereocenters. The van der Waals surface area contributed by atoms with Gasteiger partial charge in [-0.15, -0.1) is 0 Å². The SMILES string of the molecule is CCOC(=O)CCC(=O)NCCc1cnn(C)c1. The van der Waals surface area contributed by atoms with Crippen LogP contribution in [0.5, 0.6) is 0 Å². The largest absolute Gasteiger partial charge is 0.466 e. The lowest BCUT2D eigenvalue weighted by Gasteiger charge is -2.04. The lowest BCUT2D eigenvalue weighted by Crippen LogP contribution is -2.26. The van der Waals surface area contributed by atoms with Crippen molar-refractivity contribution in [1.29, 1.82) is 0 Å². The Morgan fingerprint density at radius 1 is 1.44 bits per heavy atom. The molecule has 0 saturated carbocycles. The Morgan fingerprint density at radius 3 is 2.83 bits per heavy atom. The fraction of sp³-hybridized carbons (Fsp3) is 0.583. The van der Waals surface area contributed by atoms with Gasteiger partial charge in [0.1, 0.15) is 0 Å². The molecule has 0 aliphatic rings. The summed E-state index contributed by atoms with van der Waals surface area (Å²) in [5.74, 6) is -0.466. The molecule has 0 saturated heterocycles. The van der Waals surface area contributed by atoms with Crippen molar-refractivity contribution in [2.45, 2.75) is 26.2 Å². The van der Waals surface area contributed by atoms with Crippen molar-refractivity contribution in [2.75, 3.05) is 13.2 Å². The molecular weight excluding hydrogens is 234 g/mol. The van der Waals surface area contributed by atoms with Crippen LogP contribution in [0.15, 0.2) is 12.4 Å². The highest BCUT2D eigenvalue weighted by atomic mass is 16.5. The van der Waals surface area contributed by atoms with Gasteiger partial charge in [-0.2, -0.15) is 5.10 Å². The molecule has 0 aliphatic carbocycles.